The van der Waals surface area contributed by atoms with Crippen molar-refractivity contribution < 1.29 is 16.5 Å². The van der Waals surface area contributed by atoms with Crippen LogP contribution in [0.15, 0.2) is 24.3 Å². The minimum atomic E-state index is 0. The number of hydrogen-bond acceptors (Lipinski definition) is 1. The predicted octanol–water partition coefficient (Wildman–Crippen LogP) is 7.73. The largest absolute Gasteiger partial charge is 3.00 e. The van der Waals surface area contributed by atoms with Gasteiger partial charge in [-0.15, -0.1) is 23.5 Å². The van der Waals surface area contributed by atoms with Gasteiger partial charge in [0.15, 0.2) is 0 Å². The van der Waals surface area contributed by atoms with Crippen molar-refractivity contribution in [3.8, 4) is 0 Å². The molecule has 0 aromatic heterocycles. The molecule has 2 atom stereocenters. The van der Waals surface area contributed by atoms with Crippen molar-refractivity contribution in [2.45, 2.75) is 73.9 Å². The monoisotopic (exact) mass is 424 g/mol. The second-order valence-corrected chi connectivity index (χ2v) is 7.69. The van der Waals surface area contributed by atoms with Gasteiger partial charge in [0.05, 0.1) is 0 Å². The molecule has 4 nitrogen and oxygen atoms in total. The molecule has 0 bridgehead atoms. The summed E-state index contributed by atoms with van der Waals surface area (Å²) in [5, 5.41) is 9.96. The van der Waals surface area contributed by atoms with E-state index in [-0.39, 0.29) is 28.6 Å². The standard InChI is InChI=1S/C23H32N2.NO.Ni/c1-14-9-16(3)22(17(4)10-14)24-20(7)13-21(8)25-23-18(5)11-15(2)12-19(23)6;1-2;/h9-12,20-21H,13H2,1-8H3;;/q-2;-1;+3. The first-order valence-corrected chi connectivity index (χ1v) is 9.43. The van der Waals surface area contributed by atoms with Gasteiger partial charge >= 0.3 is 16.5 Å². The Morgan fingerprint density at radius 3 is 1.18 bits per heavy atom. The van der Waals surface area contributed by atoms with Gasteiger partial charge < -0.3 is 21.1 Å². The van der Waals surface area contributed by atoms with Gasteiger partial charge in [-0.25, -0.2) is 0 Å². The minimum absolute atomic E-state index is 0. The van der Waals surface area contributed by atoms with Crippen LogP contribution in [0.5, 0.6) is 0 Å². The zero-order valence-corrected chi connectivity index (χ0v) is 19.2. The van der Waals surface area contributed by atoms with E-state index in [1.54, 1.807) is 0 Å². The topological polar surface area (TPSA) is 67.6 Å². The molecule has 2 rings (SSSR count). The van der Waals surface area contributed by atoms with Gasteiger partial charge in [0.1, 0.15) is 0 Å². The van der Waals surface area contributed by atoms with E-state index in [1.807, 2.05) is 0 Å². The summed E-state index contributed by atoms with van der Waals surface area (Å²) in [7, 11) is 0. The number of nitrogens with zero attached hydrogens (tertiary/aromatic N) is 3. The van der Waals surface area contributed by atoms with Crippen molar-refractivity contribution >= 4 is 11.4 Å². The molecule has 0 aliphatic rings. The third-order valence-electron chi connectivity index (χ3n) is 4.65. The quantitative estimate of drug-likeness (QED) is 0.437. The van der Waals surface area contributed by atoms with Gasteiger partial charge in [-0.05, 0) is 41.5 Å². The first kappa shape index (κ1) is 26.1. The maximum Gasteiger partial charge on any atom is 3.00 e. The Hall–Kier alpha value is -1.87. The molecule has 2 aromatic carbocycles. The molecular formula is C23H32N3NiO. The average molecular weight is 425 g/mol. The minimum Gasteiger partial charge on any atom is -0.681 e. The van der Waals surface area contributed by atoms with Crippen LogP contribution >= 0.6 is 0 Å². The van der Waals surface area contributed by atoms with Crippen LogP contribution in [0.3, 0.4) is 0 Å². The van der Waals surface area contributed by atoms with Crippen molar-refractivity contribution in [3.63, 3.8) is 0 Å². The van der Waals surface area contributed by atoms with Crippen molar-refractivity contribution in [2.75, 3.05) is 0 Å². The van der Waals surface area contributed by atoms with E-state index >= 15 is 0 Å². The van der Waals surface area contributed by atoms with Crippen LogP contribution in [-0.2, 0) is 16.5 Å². The number of hydrogen-bond donors (Lipinski definition) is 0. The molecule has 0 amide bonds. The van der Waals surface area contributed by atoms with Crippen molar-refractivity contribution in [1.29, 1.82) is 0 Å². The summed E-state index contributed by atoms with van der Waals surface area (Å²) in [4.78, 5) is 7.25. The number of aryl methyl sites for hydroxylation is 6. The number of rotatable bonds is 6. The van der Waals surface area contributed by atoms with Crippen LogP contribution in [0.1, 0.15) is 53.6 Å². The second kappa shape index (κ2) is 11.9. The van der Waals surface area contributed by atoms with Crippen LogP contribution in [0.4, 0.5) is 11.4 Å². The first-order chi connectivity index (χ1) is 12.7. The first-order valence-electron chi connectivity index (χ1n) is 9.43. The Labute approximate surface area is 180 Å². The van der Waals surface area contributed by atoms with Gasteiger partial charge in [-0.1, -0.05) is 77.9 Å². The average Bonchev–Trinajstić information content (AvgIpc) is 2.56. The maximum absolute atomic E-state index is 7.25. The van der Waals surface area contributed by atoms with Crippen LogP contribution in [-0.4, -0.2) is 12.1 Å². The second-order valence-electron chi connectivity index (χ2n) is 7.69. The molecule has 28 heavy (non-hydrogen) atoms. The van der Waals surface area contributed by atoms with Crippen LogP contribution in [0, 0.1) is 46.4 Å². The van der Waals surface area contributed by atoms with Crippen molar-refractivity contribution in [3.05, 3.63) is 78.8 Å². The molecular weight excluding hydrogens is 393 g/mol. The Balaban J connectivity index is 0.00000235. The van der Waals surface area contributed by atoms with E-state index in [1.165, 1.54) is 33.4 Å². The van der Waals surface area contributed by atoms with Gasteiger partial charge in [-0.2, -0.15) is 0 Å². The van der Waals surface area contributed by atoms with Crippen LogP contribution < -0.4 is 0 Å². The smallest absolute Gasteiger partial charge is 0.681 e. The molecule has 0 spiro atoms. The molecule has 0 heterocycles. The molecule has 2 aromatic rings. The summed E-state index contributed by atoms with van der Waals surface area (Å²) in [6, 6.07) is 9.36. The number of nitroso groups, excluding NO2 is 1. The summed E-state index contributed by atoms with van der Waals surface area (Å²) in [6.45, 7) is 17.3. The van der Waals surface area contributed by atoms with E-state index in [0.29, 0.717) is 0 Å². The van der Waals surface area contributed by atoms with E-state index in [0.717, 1.165) is 17.8 Å². The van der Waals surface area contributed by atoms with Crippen LogP contribution in [0.25, 0.3) is 16.2 Å². The third-order valence-corrected chi connectivity index (χ3v) is 4.65. The van der Waals surface area contributed by atoms with E-state index in [4.69, 9.17) is 21.1 Å². The molecule has 0 aliphatic heterocycles. The Bertz CT molecular complexity index is 667. The van der Waals surface area contributed by atoms with Crippen molar-refractivity contribution in [1.82, 2.24) is 0 Å². The maximum atomic E-state index is 7.25. The van der Waals surface area contributed by atoms with Crippen molar-refractivity contribution in [2.24, 2.45) is 0 Å². The van der Waals surface area contributed by atoms with Crippen LogP contribution in [0.2, 0.25) is 0 Å². The SMILES string of the molecule is Cc1cc(C)c([N-]C(C)CC(C)[N-]c2c(C)cc(C)cc2C)c(C)c1.[N-]=O.[Ni+3]. The third kappa shape index (κ3) is 7.28. The zero-order chi connectivity index (χ0) is 20.7. The fraction of sp³-hybridized carbons (Fsp3) is 0.478. The van der Waals surface area contributed by atoms with E-state index in [2.05, 4.69) is 79.7 Å². The summed E-state index contributed by atoms with van der Waals surface area (Å²) in [6.07, 6.45) is 0.958. The molecule has 0 aliphatic carbocycles. The molecule has 0 N–H and O–H groups in total. The summed E-state index contributed by atoms with van der Waals surface area (Å²) in [5.74, 6) is 0. The molecule has 0 saturated heterocycles. The predicted molar refractivity (Wildman–Crippen MR) is 118 cm³/mol. The molecule has 0 saturated carbocycles. The van der Waals surface area contributed by atoms with Gasteiger partial charge in [0, 0.05) is 0 Å². The molecule has 0 fully saturated rings. The summed E-state index contributed by atoms with van der Waals surface area (Å²) < 4.78 is 0. The Morgan fingerprint density at radius 2 is 0.929 bits per heavy atom. The Morgan fingerprint density at radius 1 is 0.679 bits per heavy atom. The molecule has 5 heteroatoms. The van der Waals surface area contributed by atoms with Gasteiger partial charge in [0.2, 0.25) is 0 Å². The zero-order valence-electron chi connectivity index (χ0n) is 18.2. The normalized spacial score (nSPS) is 12.1. The Kier molecular flexibility index (Phi) is 11.1. The molecule has 155 valence electrons. The number of benzene rings is 2. The fourth-order valence-electron chi connectivity index (χ4n) is 3.79. The molecule has 2 unspecified atom stereocenters. The van der Waals surface area contributed by atoms with Gasteiger partial charge in [-0.3, -0.25) is 0 Å². The fourth-order valence-corrected chi connectivity index (χ4v) is 3.79. The van der Waals surface area contributed by atoms with Gasteiger partial charge in [0.25, 0.3) is 0 Å². The molecule has 1 radical (unpaired) electrons. The summed E-state index contributed by atoms with van der Waals surface area (Å²) in [5.41, 5.74) is 15.7. The van der Waals surface area contributed by atoms with E-state index < -0.39 is 0 Å². The van der Waals surface area contributed by atoms with E-state index in [9.17, 15) is 0 Å². The summed E-state index contributed by atoms with van der Waals surface area (Å²) >= 11 is 0.